The van der Waals surface area contributed by atoms with Gasteiger partial charge in [-0.3, -0.25) is 10.1 Å². The average Bonchev–Trinajstić information content (AvgIpc) is 2.27. The van der Waals surface area contributed by atoms with Crippen molar-refractivity contribution >= 4 is 15.7 Å². The van der Waals surface area contributed by atoms with Crippen LogP contribution in [-0.2, 0) is 10.0 Å². The molecule has 1 rings (SSSR count). The number of nitrogens with zero attached hydrogens (tertiary/aromatic N) is 2. The summed E-state index contributed by atoms with van der Waals surface area (Å²) in [7, 11) is -2.50. The molecule has 1 aromatic rings. The Morgan fingerprint density at radius 1 is 1.53 bits per heavy atom. The number of nitro groups is 1. The number of likely N-dealkylation sites (N-methyl/N-ethyl adjacent to an activating group) is 1. The molecule has 19 heavy (non-hydrogen) atoms. The van der Waals surface area contributed by atoms with Gasteiger partial charge < -0.3 is 5.11 Å². The molecule has 1 N–H and O–H groups in total. The molecule has 0 fully saturated rings. The maximum absolute atomic E-state index is 12.1. The molecule has 104 valence electrons. The molecule has 0 heterocycles. The summed E-state index contributed by atoms with van der Waals surface area (Å²) >= 11 is 0. The van der Waals surface area contributed by atoms with Crippen LogP contribution in [0.1, 0.15) is 6.92 Å². The van der Waals surface area contributed by atoms with E-state index in [0.29, 0.717) is 5.57 Å². The number of aromatic hydroxyl groups is 1. The minimum Gasteiger partial charge on any atom is -0.502 e. The van der Waals surface area contributed by atoms with Crippen LogP contribution in [0.3, 0.4) is 0 Å². The van der Waals surface area contributed by atoms with Crippen molar-refractivity contribution in [1.82, 2.24) is 4.31 Å². The normalized spacial score (nSPS) is 11.5. The molecule has 7 nitrogen and oxygen atoms in total. The SMILES string of the molecule is C=C(C)CN(C)S(=O)(=O)c1ccc(O)c([N+](=O)[O-])c1. The van der Waals surface area contributed by atoms with E-state index < -0.39 is 26.4 Å². The van der Waals surface area contributed by atoms with Gasteiger partial charge in [-0.2, -0.15) is 4.31 Å². The monoisotopic (exact) mass is 286 g/mol. The smallest absolute Gasteiger partial charge is 0.312 e. The molecule has 0 aliphatic heterocycles. The number of hydrogen-bond acceptors (Lipinski definition) is 5. The molecule has 0 spiro atoms. The van der Waals surface area contributed by atoms with Gasteiger partial charge in [0.1, 0.15) is 0 Å². The minimum absolute atomic E-state index is 0.108. The van der Waals surface area contributed by atoms with Gasteiger partial charge >= 0.3 is 5.69 Å². The number of nitro benzene ring substituents is 1. The van der Waals surface area contributed by atoms with Crippen LogP contribution in [0.2, 0.25) is 0 Å². The molecule has 0 atom stereocenters. The zero-order chi connectivity index (χ0) is 14.8. The van der Waals surface area contributed by atoms with Crippen molar-refractivity contribution in [3.05, 3.63) is 40.5 Å². The first-order valence-corrected chi connectivity index (χ1v) is 6.68. The Balaban J connectivity index is 3.26. The second kappa shape index (κ2) is 5.37. The number of hydrogen-bond donors (Lipinski definition) is 1. The molecule has 0 amide bonds. The number of phenols is 1. The highest BCUT2D eigenvalue weighted by atomic mass is 32.2. The van der Waals surface area contributed by atoms with Crippen molar-refractivity contribution in [1.29, 1.82) is 0 Å². The molecule has 0 saturated carbocycles. The van der Waals surface area contributed by atoms with Gasteiger partial charge in [0.25, 0.3) is 0 Å². The van der Waals surface area contributed by atoms with Gasteiger partial charge in [-0.25, -0.2) is 8.42 Å². The Labute approximate surface area is 111 Å². The van der Waals surface area contributed by atoms with Gasteiger partial charge in [-0.05, 0) is 19.1 Å². The summed E-state index contributed by atoms with van der Waals surface area (Å²) in [5.41, 5.74) is -0.0100. The van der Waals surface area contributed by atoms with E-state index in [9.17, 15) is 23.6 Å². The van der Waals surface area contributed by atoms with Crippen LogP contribution >= 0.6 is 0 Å². The van der Waals surface area contributed by atoms with Crippen LogP contribution in [0.25, 0.3) is 0 Å². The predicted molar refractivity (Wildman–Crippen MR) is 69.4 cm³/mol. The number of sulfonamides is 1. The van der Waals surface area contributed by atoms with Crippen molar-refractivity contribution in [2.45, 2.75) is 11.8 Å². The first-order valence-electron chi connectivity index (χ1n) is 5.24. The highest BCUT2D eigenvalue weighted by Gasteiger charge is 2.24. The van der Waals surface area contributed by atoms with Gasteiger partial charge in [-0.15, -0.1) is 0 Å². The van der Waals surface area contributed by atoms with E-state index in [0.717, 1.165) is 22.5 Å². The van der Waals surface area contributed by atoms with Crippen LogP contribution in [0, 0.1) is 10.1 Å². The molecule has 1 aromatic carbocycles. The van der Waals surface area contributed by atoms with E-state index in [2.05, 4.69) is 6.58 Å². The van der Waals surface area contributed by atoms with Crippen LogP contribution in [0.5, 0.6) is 5.75 Å². The van der Waals surface area contributed by atoms with Gasteiger partial charge in [-0.1, -0.05) is 12.2 Å². The number of phenolic OH excluding ortho intramolecular Hbond substituents is 1. The Morgan fingerprint density at radius 3 is 2.58 bits per heavy atom. The average molecular weight is 286 g/mol. The van der Waals surface area contributed by atoms with Crippen molar-refractivity contribution in [3.8, 4) is 5.75 Å². The summed E-state index contributed by atoms with van der Waals surface area (Å²) in [6, 6.07) is 2.94. The summed E-state index contributed by atoms with van der Waals surface area (Å²) in [6.07, 6.45) is 0. The van der Waals surface area contributed by atoms with E-state index >= 15 is 0 Å². The molecular weight excluding hydrogens is 272 g/mol. The molecule has 8 heteroatoms. The topological polar surface area (TPSA) is 101 Å². The first kappa shape index (κ1) is 15.1. The Bertz CT molecular complexity index is 624. The maximum atomic E-state index is 12.1. The zero-order valence-corrected chi connectivity index (χ0v) is 11.3. The lowest BCUT2D eigenvalue weighted by Gasteiger charge is -2.17. The van der Waals surface area contributed by atoms with E-state index in [1.54, 1.807) is 6.92 Å². The summed E-state index contributed by atoms with van der Waals surface area (Å²) in [5, 5.41) is 20.0. The van der Waals surface area contributed by atoms with E-state index in [4.69, 9.17) is 0 Å². The summed E-state index contributed by atoms with van der Waals surface area (Å²) in [5.74, 6) is -0.577. The summed E-state index contributed by atoms with van der Waals surface area (Å²) in [4.78, 5) is 9.58. The lowest BCUT2D eigenvalue weighted by molar-refractivity contribution is -0.386. The van der Waals surface area contributed by atoms with Crippen molar-refractivity contribution < 1.29 is 18.4 Å². The molecule has 0 aliphatic rings. The molecule has 0 aliphatic carbocycles. The van der Waals surface area contributed by atoms with E-state index in [-0.39, 0.29) is 11.4 Å². The summed E-state index contributed by atoms with van der Waals surface area (Å²) < 4.78 is 25.3. The molecule has 0 unspecified atom stereocenters. The second-order valence-electron chi connectivity index (χ2n) is 4.13. The zero-order valence-electron chi connectivity index (χ0n) is 10.5. The van der Waals surface area contributed by atoms with Crippen molar-refractivity contribution in [2.75, 3.05) is 13.6 Å². The molecule has 0 saturated heterocycles. The third-order valence-electron chi connectivity index (χ3n) is 2.34. The summed E-state index contributed by atoms with van der Waals surface area (Å²) in [6.45, 7) is 5.39. The Hall–Kier alpha value is -1.93. The van der Waals surface area contributed by atoms with Crippen molar-refractivity contribution in [3.63, 3.8) is 0 Å². The van der Waals surface area contributed by atoms with Crippen LogP contribution < -0.4 is 0 Å². The van der Waals surface area contributed by atoms with Gasteiger partial charge in [0, 0.05) is 19.7 Å². The van der Waals surface area contributed by atoms with Crippen LogP contribution in [0.15, 0.2) is 35.2 Å². The third-order valence-corrected chi connectivity index (χ3v) is 4.14. The predicted octanol–water partition coefficient (Wildman–Crippen LogP) is 1.50. The van der Waals surface area contributed by atoms with Gasteiger partial charge in [0.2, 0.25) is 10.0 Å². The molecule has 0 radical (unpaired) electrons. The fourth-order valence-corrected chi connectivity index (χ4v) is 2.71. The number of rotatable bonds is 5. The molecule has 0 bridgehead atoms. The van der Waals surface area contributed by atoms with Crippen molar-refractivity contribution in [2.24, 2.45) is 0 Å². The standard InChI is InChI=1S/C11H14N2O5S/c1-8(2)7-12(3)19(17,18)9-4-5-11(14)10(6-9)13(15)16/h4-6,14H,1,7H2,2-3H3. The first-order chi connectivity index (χ1) is 8.66. The van der Waals surface area contributed by atoms with E-state index in [1.807, 2.05) is 0 Å². The molecular formula is C11H14N2O5S. The lowest BCUT2D eigenvalue weighted by Crippen LogP contribution is -2.28. The third kappa shape index (κ3) is 3.30. The fraction of sp³-hybridized carbons (Fsp3) is 0.273. The van der Waals surface area contributed by atoms with E-state index in [1.165, 1.54) is 7.05 Å². The number of benzene rings is 1. The highest BCUT2D eigenvalue weighted by molar-refractivity contribution is 7.89. The Morgan fingerprint density at radius 2 is 2.11 bits per heavy atom. The highest BCUT2D eigenvalue weighted by Crippen LogP contribution is 2.29. The minimum atomic E-state index is -3.85. The Kier molecular flexibility index (Phi) is 4.28. The lowest BCUT2D eigenvalue weighted by atomic mass is 10.3. The second-order valence-corrected chi connectivity index (χ2v) is 6.17. The van der Waals surface area contributed by atoms with Gasteiger partial charge in [0.05, 0.1) is 9.82 Å². The van der Waals surface area contributed by atoms with Gasteiger partial charge in [0.15, 0.2) is 5.75 Å². The maximum Gasteiger partial charge on any atom is 0.312 e. The quantitative estimate of drug-likeness (QED) is 0.502. The fourth-order valence-electron chi connectivity index (χ4n) is 1.45. The van der Waals surface area contributed by atoms with Crippen LogP contribution in [-0.4, -0.2) is 36.3 Å². The largest absolute Gasteiger partial charge is 0.502 e. The molecule has 0 aromatic heterocycles. The van der Waals surface area contributed by atoms with Crippen LogP contribution in [0.4, 0.5) is 5.69 Å².